The monoisotopic (exact) mass is 444 g/mol. The quantitative estimate of drug-likeness (QED) is 0.300. The third-order valence-corrected chi connectivity index (χ3v) is 6.07. The third kappa shape index (κ3) is 5.38. The summed E-state index contributed by atoms with van der Waals surface area (Å²) in [6.07, 6.45) is 2.30. The third-order valence-electron chi connectivity index (χ3n) is 3.11. The molecule has 0 bridgehead atoms. The van der Waals surface area contributed by atoms with Gasteiger partial charge in [0.15, 0.2) is 5.96 Å². The maximum atomic E-state index is 12.0. The van der Waals surface area contributed by atoms with E-state index in [9.17, 15) is 8.42 Å². The first-order chi connectivity index (χ1) is 9.40. The van der Waals surface area contributed by atoms with E-state index in [1.807, 2.05) is 18.9 Å². The fraction of sp³-hybridized carbons (Fsp3) is 0.583. The minimum absolute atomic E-state index is 0. The number of nitrogens with one attached hydrogen (secondary N) is 1. The molecule has 0 aliphatic heterocycles. The van der Waals surface area contributed by atoms with E-state index < -0.39 is 10.0 Å². The number of hydrogen-bond acceptors (Lipinski definition) is 4. The van der Waals surface area contributed by atoms with E-state index in [2.05, 4.69) is 9.71 Å². The minimum atomic E-state index is -3.42. The van der Waals surface area contributed by atoms with Crippen LogP contribution < -0.4 is 10.5 Å². The lowest BCUT2D eigenvalue weighted by Gasteiger charge is -2.16. The number of thiophene rings is 1. The van der Waals surface area contributed by atoms with Crippen molar-refractivity contribution in [2.24, 2.45) is 10.7 Å². The van der Waals surface area contributed by atoms with E-state index in [0.29, 0.717) is 22.8 Å². The van der Waals surface area contributed by atoms with E-state index in [1.54, 1.807) is 12.1 Å². The summed E-state index contributed by atoms with van der Waals surface area (Å²) in [6.45, 7) is 2.47. The van der Waals surface area contributed by atoms with Crippen LogP contribution in [-0.2, 0) is 10.0 Å². The molecule has 9 heteroatoms. The fourth-order valence-corrected chi connectivity index (χ4v) is 4.09. The molecule has 0 atom stereocenters. The molecule has 0 aromatic carbocycles. The Bertz CT molecular complexity index is 596. The Morgan fingerprint density at radius 3 is 2.71 bits per heavy atom. The lowest BCUT2D eigenvalue weighted by Crippen LogP contribution is -2.36. The SMILES string of the molecule is Cc1ccc(S(=O)(=O)NCCN=C(N)N(C)C2CC2)s1.I. The largest absolute Gasteiger partial charge is 0.370 e. The molecule has 3 N–H and O–H groups in total. The standard InChI is InChI=1S/C12H20N4O2S2.HI/c1-9-3-6-11(19-9)20(17,18)15-8-7-14-12(13)16(2)10-4-5-10;/h3,6,10,15H,4-5,7-8H2,1-2H3,(H2,13,14);1H. The molecule has 0 spiro atoms. The van der Waals surface area contributed by atoms with Crippen molar-refractivity contribution < 1.29 is 8.42 Å². The molecule has 6 nitrogen and oxygen atoms in total. The Hall–Kier alpha value is -0.390. The van der Waals surface area contributed by atoms with Crippen LogP contribution >= 0.6 is 35.3 Å². The van der Waals surface area contributed by atoms with Crippen LogP contribution in [0.25, 0.3) is 0 Å². The van der Waals surface area contributed by atoms with Gasteiger partial charge < -0.3 is 10.6 Å². The summed E-state index contributed by atoms with van der Waals surface area (Å²) in [5.74, 6) is 0.471. The van der Waals surface area contributed by atoms with Gasteiger partial charge in [-0.25, -0.2) is 13.1 Å². The van der Waals surface area contributed by atoms with Crippen molar-refractivity contribution in [1.29, 1.82) is 0 Å². The van der Waals surface area contributed by atoms with Crippen LogP contribution in [0.5, 0.6) is 0 Å². The number of sulfonamides is 1. The maximum absolute atomic E-state index is 12.0. The van der Waals surface area contributed by atoms with E-state index in [4.69, 9.17) is 5.73 Å². The Balaban J connectivity index is 0.00000220. The van der Waals surface area contributed by atoms with Crippen molar-refractivity contribution >= 4 is 51.3 Å². The van der Waals surface area contributed by atoms with E-state index in [1.165, 1.54) is 11.3 Å². The van der Waals surface area contributed by atoms with Crippen LogP contribution in [0, 0.1) is 6.92 Å². The highest BCUT2D eigenvalue weighted by Crippen LogP contribution is 2.24. The molecule has 1 aliphatic rings. The molecule has 0 radical (unpaired) electrons. The molecule has 2 rings (SSSR count). The van der Waals surface area contributed by atoms with Gasteiger partial charge in [-0.05, 0) is 31.9 Å². The molecular weight excluding hydrogens is 423 g/mol. The van der Waals surface area contributed by atoms with Crippen LogP contribution in [-0.4, -0.2) is 45.5 Å². The predicted molar refractivity (Wildman–Crippen MR) is 96.9 cm³/mol. The predicted octanol–water partition coefficient (Wildman–Crippen LogP) is 1.36. The van der Waals surface area contributed by atoms with Crippen molar-refractivity contribution in [2.75, 3.05) is 20.1 Å². The molecule has 1 heterocycles. The van der Waals surface area contributed by atoms with Gasteiger partial charge in [0.1, 0.15) is 4.21 Å². The van der Waals surface area contributed by atoms with Gasteiger partial charge in [-0.3, -0.25) is 4.99 Å². The highest BCUT2D eigenvalue weighted by molar-refractivity contribution is 14.0. The van der Waals surface area contributed by atoms with Crippen LogP contribution in [0.4, 0.5) is 0 Å². The lowest BCUT2D eigenvalue weighted by molar-refractivity contribution is 0.487. The lowest BCUT2D eigenvalue weighted by atomic mass is 10.5. The number of rotatable bonds is 6. The number of aliphatic imine (C=N–C) groups is 1. The van der Waals surface area contributed by atoms with Gasteiger partial charge in [0.25, 0.3) is 0 Å². The summed E-state index contributed by atoms with van der Waals surface area (Å²) in [7, 11) is -1.50. The van der Waals surface area contributed by atoms with Crippen molar-refractivity contribution in [1.82, 2.24) is 9.62 Å². The number of nitrogens with two attached hydrogens (primary N) is 1. The molecule has 0 saturated heterocycles. The Labute approximate surface area is 146 Å². The highest BCUT2D eigenvalue weighted by Gasteiger charge is 2.27. The summed E-state index contributed by atoms with van der Waals surface area (Å²) in [5.41, 5.74) is 5.82. The smallest absolute Gasteiger partial charge is 0.250 e. The van der Waals surface area contributed by atoms with Crippen LogP contribution in [0.3, 0.4) is 0 Å². The van der Waals surface area contributed by atoms with Crippen LogP contribution in [0.1, 0.15) is 17.7 Å². The number of guanidine groups is 1. The number of halogens is 1. The average Bonchev–Trinajstić information content (AvgIpc) is 3.15. The molecule has 21 heavy (non-hydrogen) atoms. The summed E-state index contributed by atoms with van der Waals surface area (Å²) < 4.78 is 26.8. The zero-order valence-electron chi connectivity index (χ0n) is 12.1. The van der Waals surface area contributed by atoms with Crippen molar-refractivity contribution in [3.8, 4) is 0 Å². The summed E-state index contributed by atoms with van der Waals surface area (Å²) in [4.78, 5) is 7.10. The second kappa shape index (κ2) is 7.75. The number of hydrogen-bond donors (Lipinski definition) is 2. The van der Waals surface area contributed by atoms with Gasteiger partial charge in [0, 0.05) is 24.5 Å². The molecule has 0 amide bonds. The fourth-order valence-electron chi connectivity index (χ4n) is 1.74. The summed E-state index contributed by atoms with van der Waals surface area (Å²) >= 11 is 1.26. The normalized spacial score (nSPS) is 15.6. The molecular formula is C12H21IN4O2S2. The molecule has 120 valence electrons. The second-order valence-corrected chi connectivity index (χ2v) is 8.13. The van der Waals surface area contributed by atoms with E-state index >= 15 is 0 Å². The van der Waals surface area contributed by atoms with Gasteiger partial charge in [0.05, 0.1) is 6.54 Å². The van der Waals surface area contributed by atoms with Gasteiger partial charge >= 0.3 is 0 Å². The van der Waals surface area contributed by atoms with Gasteiger partial charge in [0.2, 0.25) is 10.0 Å². The first kappa shape index (κ1) is 18.7. The molecule has 1 aromatic heterocycles. The molecule has 1 aliphatic carbocycles. The van der Waals surface area contributed by atoms with Crippen LogP contribution in [0.15, 0.2) is 21.3 Å². The first-order valence-electron chi connectivity index (χ1n) is 6.49. The molecule has 1 fully saturated rings. The highest BCUT2D eigenvalue weighted by atomic mass is 127. The molecule has 0 unspecified atom stereocenters. The summed E-state index contributed by atoms with van der Waals surface area (Å²) in [5, 5.41) is 0. The van der Waals surface area contributed by atoms with Gasteiger partial charge in [-0.1, -0.05) is 0 Å². The summed E-state index contributed by atoms with van der Waals surface area (Å²) in [6, 6.07) is 3.91. The minimum Gasteiger partial charge on any atom is -0.370 e. The molecule has 1 saturated carbocycles. The van der Waals surface area contributed by atoms with Crippen molar-refractivity contribution in [3.05, 3.63) is 17.0 Å². The topological polar surface area (TPSA) is 87.8 Å². The second-order valence-electron chi connectivity index (χ2n) is 4.84. The van der Waals surface area contributed by atoms with E-state index in [0.717, 1.165) is 17.7 Å². The van der Waals surface area contributed by atoms with Crippen molar-refractivity contribution in [2.45, 2.75) is 30.0 Å². The van der Waals surface area contributed by atoms with Gasteiger partial charge in [-0.2, -0.15) is 0 Å². The van der Waals surface area contributed by atoms with E-state index in [-0.39, 0.29) is 30.5 Å². The van der Waals surface area contributed by atoms with Crippen LogP contribution in [0.2, 0.25) is 0 Å². The maximum Gasteiger partial charge on any atom is 0.250 e. The first-order valence-corrected chi connectivity index (χ1v) is 8.79. The number of nitrogens with zero attached hydrogens (tertiary/aromatic N) is 2. The van der Waals surface area contributed by atoms with Gasteiger partial charge in [-0.15, -0.1) is 35.3 Å². The van der Waals surface area contributed by atoms with Crippen molar-refractivity contribution in [3.63, 3.8) is 0 Å². The zero-order chi connectivity index (χ0) is 14.8. The average molecular weight is 444 g/mol. The number of aryl methyl sites for hydroxylation is 1. The zero-order valence-corrected chi connectivity index (χ0v) is 16.0. The Morgan fingerprint density at radius 2 is 2.19 bits per heavy atom. The Kier molecular flexibility index (Phi) is 6.88. The molecule has 1 aromatic rings. The Morgan fingerprint density at radius 1 is 1.52 bits per heavy atom.